The minimum absolute atomic E-state index is 1.35. The third-order valence-electron chi connectivity index (χ3n) is 1.63. The molecule has 0 aromatic rings. The second-order valence-corrected chi connectivity index (χ2v) is 4.90. The first-order valence-electron chi connectivity index (χ1n) is 3.96. The van der Waals surface area contributed by atoms with Crippen molar-refractivity contribution >= 4 is 13.4 Å². The van der Waals surface area contributed by atoms with Crippen molar-refractivity contribution in [2.75, 3.05) is 6.16 Å². The summed E-state index contributed by atoms with van der Waals surface area (Å²) in [5.41, 5.74) is 0. The van der Waals surface area contributed by atoms with E-state index in [1.54, 1.807) is 0 Å². The van der Waals surface area contributed by atoms with E-state index in [0.29, 0.717) is 0 Å². The maximum Gasteiger partial charge on any atom is 0.407 e. The van der Waals surface area contributed by atoms with Gasteiger partial charge in [0.25, 0.3) is 0 Å². The average Bonchev–Trinajstić information content (AvgIpc) is 1.93. The first kappa shape index (κ1) is 16.4. The number of Topliss-reactive ketones (excluding diaryl/α,β-unsaturated/α-hetero) is 1. The second kappa shape index (κ2) is 4.95. The average molecular weight is 288 g/mol. The Morgan fingerprint density at radius 2 is 1.41 bits per heavy atom. The normalized spacial score (nSPS) is 14.2. The molecule has 0 unspecified atom stereocenters. The summed E-state index contributed by atoms with van der Waals surface area (Å²) < 4.78 is 81.9. The maximum absolute atomic E-state index is 12.0. The third-order valence-corrected chi connectivity index (χ3v) is 2.43. The number of hydrogen-bond acceptors (Lipinski definition) is 2. The summed E-state index contributed by atoms with van der Waals surface area (Å²) >= 11 is 0. The molecular formula is C6H7F6O4P. The largest absolute Gasteiger partial charge is 0.407 e. The highest BCUT2D eigenvalue weighted by atomic mass is 31.2. The molecule has 2 N–H and O–H groups in total. The lowest BCUT2D eigenvalue weighted by Gasteiger charge is -2.21. The van der Waals surface area contributed by atoms with Gasteiger partial charge >= 0.3 is 19.9 Å². The molecule has 0 radical (unpaired) electrons. The van der Waals surface area contributed by atoms with Crippen LogP contribution < -0.4 is 0 Å². The van der Waals surface area contributed by atoms with Gasteiger partial charge in [0.1, 0.15) is 0 Å². The topological polar surface area (TPSA) is 74.6 Å². The van der Waals surface area contributed by atoms with Gasteiger partial charge in [0.05, 0.1) is 6.16 Å². The fourth-order valence-electron chi connectivity index (χ4n) is 0.951. The number of ketones is 1. The van der Waals surface area contributed by atoms with Gasteiger partial charge in [-0.05, 0) is 0 Å². The molecule has 0 amide bonds. The molecule has 0 atom stereocenters. The first-order chi connectivity index (χ1) is 7.25. The van der Waals surface area contributed by atoms with E-state index < -0.39 is 44.2 Å². The predicted octanol–water partition coefficient (Wildman–Crippen LogP) is 1.86. The smallest absolute Gasteiger partial charge is 0.324 e. The number of rotatable bonds is 4. The van der Waals surface area contributed by atoms with E-state index in [0.717, 1.165) is 0 Å². The minimum Gasteiger partial charge on any atom is -0.324 e. The summed E-state index contributed by atoms with van der Waals surface area (Å²) in [6.07, 6.45) is -14.5. The van der Waals surface area contributed by atoms with Gasteiger partial charge in [-0.2, -0.15) is 26.3 Å². The van der Waals surface area contributed by atoms with Gasteiger partial charge in [-0.1, -0.05) is 0 Å². The van der Waals surface area contributed by atoms with Gasteiger partial charge < -0.3 is 9.79 Å². The highest BCUT2D eigenvalue weighted by Crippen LogP contribution is 2.42. The van der Waals surface area contributed by atoms with E-state index in [9.17, 15) is 35.7 Å². The van der Waals surface area contributed by atoms with Crippen molar-refractivity contribution in [3.8, 4) is 0 Å². The van der Waals surface area contributed by atoms with E-state index in [-0.39, 0.29) is 0 Å². The van der Waals surface area contributed by atoms with Crippen LogP contribution in [0.4, 0.5) is 26.3 Å². The molecule has 102 valence electrons. The van der Waals surface area contributed by atoms with Crippen LogP contribution in [0, 0.1) is 5.92 Å². The monoisotopic (exact) mass is 288 g/mol. The minimum atomic E-state index is -5.83. The summed E-state index contributed by atoms with van der Waals surface area (Å²) in [7, 11) is -4.82. The Hall–Kier alpha value is -0.600. The number of carbonyl (C=O) groups excluding carboxylic acids is 1. The van der Waals surface area contributed by atoms with E-state index in [1.165, 1.54) is 0 Å². The molecule has 0 aliphatic heterocycles. The molecule has 17 heavy (non-hydrogen) atoms. The van der Waals surface area contributed by atoms with Crippen LogP contribution in [0.1, 0.15) is 6.42 Å². The van der Waals surface area contributed by atoms with Crippen LogP contribution in [0.2, 0.25) is 0 Å². The molecule has 11 heteroatoms. The number of halogens is 6. The molecule has 0 saturated heterocycles. The summed E-state index contributed by atoms with van der Waals surface area (Å²) in [5, 5.41) is 0. The summed E-state index contributed by atoms with van der Waals surface area (Å²) in [5.74, 6) is -6.52. The van der Waals surface area contributed by atoms with Crippen molar-refractivity contribution in [3.05, 3.63) is 0 Å². The van der Waals surface area contributed by atoms with Crippen LogP contribution in [-0.4, -0.2) is 34.1 Å². The van der Waals surface area contributed by atoms with Crippen molar-refractivity contribution < 1.29 is 45.5 Å². The van der Waals surface area contributed by atoms with Gasteiger partial charge in [-0.25, -0.2) is 0 Å². The molecule has 0 aliphatic carbocycles. The zero-order valence-electron chi connectivity index (χ0n) is 7.92. The molecule has 0 fully saturated rings. The second-order valence-electron chi connectivity index (χ2n) is 3.12. The van der Waals surface area contributed by atoms with Gasteiger partial charge in [-0.15, -0.1) is 0 Å². The number of hydrogen-bond donors (Lipinski definition) is 2. The summed E-state index contributed by atoms with van der Waals surface area (Å²) in [6, 6.07) is 0. The van der Waals surface area contributed by atoms with Crippen molar-refractivity contribution in [2.24, 2.45) is 5.92 Å². The van der Waals surface area contributed by atoms with Crippen LogP contribution >= 0.6 is 7.60 Å². The fraction of sp³-hybridized carbons (Fsp3) is 0.833. The third kappa shape index (κ3) is 6.04. The van der Waals surface area contributed by atoms with E-state index in [4.69, 9.17) is 9.79 Å². The van der Waals surface area contributed by atoms with Crippen molar-refractivity contribution in [1.82, 2.24) is 0 Å². The van der Waals surface area contributed by atoms with E-state index in [2.05, 4.69) is 0 Å². The van der Waals surface area contributed by atoms with Crippen LogP contribution in [0.25, 0.3) is 0 Å². The Balaban J connectivity index is 4.87. The molecule has 0 spiro atoms. The number of alkyl halides is 6. The molecule has 4 nitrogen and oxygen atoms in total. The lowest BCUT2D eigenvalue weighted by Crippen LogP contribution is -2.42. The van der Waals surface area contributed by atoms with Crippen molar-refractivity contribution in [2.45, 2.75) is 18.8 Å². The Morgan fingerprint density at radius 3 is 1.65 bits per heavy atom. The lowest BCUT2D eigenvalue weighted by molar-refractivity contribution is -0.273. The standard InChI is InChI=1S/C6H7F6O4P/c7-5(8,9)4(6(10,11)12)3(13)1-2-17(14,15)16/h4H,1-2H2,(H2,14,15,16). The molecule has 0 aromatic carbocycles. The van der Waals surface area contributed by atoms with Gasteiger partial charge in [0.15, 0.2) is 5.78 Å². The fourth-order valence-corrected chi connectivity index (χ4v) is 1.46. The number of carbonyl (C=O) groups is 1. The van der Waals surface area contributed by atoms with Crippen LogP contribution in [0.3, 0.4) is 0 Å². The predicted molar refractivity (Wildman–Crippen MR) is 42.1 cm³/mol. The van der Waals surface area contributed by atoms with Crippen LogP contribution in [0.15, 0.2) is 0 Å². The zero-order chi connectivity index (χ0) is 14.1. The van der Waals surface area contributed by atoms with Gasteiger partial charge in [-0.3, -0.25) is 9.36 Å². The Morgan fingerprint density at radius 1 is 1.06 bits per heavy atom. The molecule has 0 aliphatic rings. The van der Waals surface area contributed by atoms with Crippen molar-refractivity contribution in [3.63, 3.8) is 0 Å². The van der Waals surface area contributed by atoms with Crippen LogP contribution in [0.5, 0.6) is 0 Å². The zero-order valence-corrected chi connectivity index (χ0v) is 8.81. The Bertz CT molecular complexity index is 314. The Labute approximate surface area is 90.8 Å². The first-order valence-corrected chi connectivity index (χ1v) is 5.75. The maximum atomic E-state index is 12.0. The highest BCUT2D eigenvalue weighted by molar-refractivity contribution is 7.51. The molecule has 0 saturated carbocycles. The quantitative estimate of drug-likeness (QED) is 0.611. The van der Waals surface area contributed by atoms with Gasteiger partial charge in [0, 0.05) is 6.42 Å². The van der Waals surface area contributed by atoms with E-state index in [1.807, 2.05) is 0 Å². The SMILES string of the molecule is O=C(CCP(=O)(O)O)C(C(F)(F)F)C(F)(F)F. The van der Waals surface area contributed by atoms with Crippen molar-refractivity contribution in [1.29, 1.82) is 0 Å². The summed E-state index contributed by atoms with van der Waals surface area (Å²) in [4.78, 5) is 27.2. The molecular weight excluding hydrogens is 281 g/mol. The van der Waals surface area contributed by atoms with E-state index >= 15 is 0 Å². The van der Waals surface area contributed by atoms with Crippen LogP contribution in [-0.2, 0) is 9.36 Å². The molecule has 0 rings (SSSR count). The molecule has 0 bridgehead atoms. The highest BCUT2D eigenvalue weighted by Gasteiger charge is 2.60. The molecule has 0 aromatic heterocycles. The Kier molecular flexibility index (Phi) is 4.77. The lowest BCUT2D eigenvalue weighted by atomic mass is 10.0. The van der Waals surface area contributed by atoms with Gasteiger partial charge in [0.2, 0.25) is 5.92 Å². The summed E-state index contributed by atoms with van der Waals surface area (Å²) in [6.45, 7) is 0. The molecule has 0 heterocycles.